The van der Waals surface area contributed by atoms with Crippen molar-refractivity contribution in [3.05, 3.63) is 42.5 Å². The molecule has 1 aliphatic rings. The Balaban J connectivity index is 1.46. The summed E-state index contributed by atoms with van der Waals surface area (Å²) in [6.07, 6.45) is 3.58. The number of nitrogens with zero attached hydrogens (tertiary/aromatic N) is 2. The monoisotopic (exact) mass is 382 g/mol. The number of unbranched alkanes of at least 4 members (excludes halogenated alkanes) is 1. The van der Waals surface area contributed by atoms with Crippen molar-refractivity contribution in [3.63, 3.8) is 0 Å². The largest absolute Gasteiger partial charge is 0.484 e. The summed E-state index contributed by atoms with van der Waals surface area (Å²) in [6, 6.07) is 13.9. The molecule has 2 amide bonds. The summed E-state index contributed by atoms with van der Waals surface area (Å²) < 4.78 is 5.72. The van der Waals surface area contributed by atoms with Crippen molar-refractivity contribution in [2.24, 2.45) is 5.92 Å². The average molecular weight is 383 g/mol. The fourth-order valence-electron chi connectivity index (χ4n) is 3.69. The van der Waals surface area contributed by atoms with Crippen LogP contribution in [-0.4, -0.2) is 54.9 Å². The van der Waals surface area contributed by atoms with Crippen LogP contribution in [0.1, 0.15) is 32.6 Å². The van der Waals surface area contributed by atoms with Crippen LogP contribution in [0.25, 0.3) is 10.8 Å². The van der Waals surface area contributed by atoms with Gasteiger partial charge < -0.3 is 14.5 Å². The lowest BCUT2D eigenvalue weighted by molar-refractivity contribution is -0.140. The van der Waals surface area contributed by atoms with Crippen LogP contribution in [0.3, 0.4) is 0 Å². The molecule has 1 fully saturated rings. The lowest BCUT2D eigenvalue weighted by Crippen LogP contribution is -2.45. The first kappa shape index (κ1) is 20.2. The molecule has 1 aliphatic heterocycles. The van der Waals surface area contributed by atoms with E-state index in [9.17, 15) is 9.59 Å². The molecule has 0 bridgehead atoms. The first-order valence-electron chi connectivity index (χ1n) is 10.2. The lowest BCUT2D eigenvalue weighted by atomic mass is 9.95. The summed E-state index contributed by atoms with van der Waals surface area (Å²) >= 11 is 0. The highest BCUT2D eigenvalue weighted by Gasteiger charge is 2.29. The van der Waals surface area contributed by atoms with Gasteiger partial charge in [-0.1, -0.05) is 43.7 Å². The minimum atomic E-state index is -0.0154. The van der Waals surface area contributed by atoms with Gasteiger partial charge in [0.05, 0.1) is 0 Å². The Morgan fingerprint density at radius 3 is 2.54 bits per heavy atom. The van der Waals surface area contributed by atoms with Crippen molar-refractivity contribution >= 4 is 22.6 Å². The first-order chi connectivity index (χ1) is 13.6. The zero-order chi connectivity index (χ0) is 19.9. The third-order valence-corrected chi connectivity index (χ3v) is 5.50. The van der Waals surface area contributed by atoms with Gasteiger partial charge in [-0.2, -0.15) is 0 Å². The second-order valence-corrected chi connectivity index (χ2v) is 7.57. The van der Waals surface area contributed by atoms with Crippen LogP contribution in [0, 0.1) is 5.92 Å². The molecule has 2 aromatic rings. The van der Waals surface area contributed by atoms with Gasteiger partial charge in [-0.3, -0.25) is 9.59 Å². The van der Waals surface area contributed by atoms with Crippen molar-refractivity contribution in [3.8, 4) is 5.75 Å². The molecule has 0 spiro atoms. The molecule has 5 nitrogen and oxygen atoms in total. The highest BCUT2D eigenvalue weighted by molar-refractivity contribution is 5.84. The normalized spacial score (nSPS) is 14.9. The van der Waals surface area contributed by atoms with Gasteiger partial charge >= 0.3 is 0 Å². The Morgan fingerprint density at radius 1 is 1.11 bits per heavy atom. The Morgan fingerprint density at radius 2 is 1.82 bits per heavy atom. The van der Waals surface area contributed by atoms with E-state index in [1.807, 2.05) is 53.2 Å². The highest BCUT2D eigenvalue weighted by Crippen LogP contribution is 2.22. The van der Waals surface area contributed by atoms with E-state index in [4.69, 9.17) is 4.74 Å². The van der Waals surface area contributed by atoms with Gasteiger partial charge in [0.15, 0.2) is 6.61 Å². The number of ether oxygens (including phenoxy) is 1. The Labute approximate surface area is 167 Å². The number of carbonyl (C=O) groups is 2. The summed E-state index contributed by atoms with van der Waals surface area (Å²) in [6.45, 7) is 4.22. The van der Waals surface area contributed by atoms with Gasteiger partial charge in [0.1, 0.15) is 5.75 Å². The van der Waals surface area contributed by atoms with E-state index in [0.717, 1.165) is 43.0 Å². The maximum atomic E-state index is 12.5. The zero-order valence-corrected chi connectivity index (χ0v) is 16.9. The van der Waals surface area contributed by atoms with E-state index in [1.54, 1.807) is 0 Å². The molecule has 0 aromatic heterocycles. The molecule has 1 saturated heterocycles. The predicted molar refractivity (Wildman–Crippen MR) is 111 cm³/mol. The quantitative estimate of drug-likeness (QED) is 0.733. The number of benzene rings is 2. The number of piperidine rings is 1. The highest BCUT2D eigenvalue weighted by atomic mass is 16.5. The predicted octanol–water partition coefficient (Wildman–Crippen LogP) is 3.72. The summed E-state index contributed by atoms with van der Waals surface area (Å²) in [5.41, 5.74) is 0. The SMILES string of the molecule is CCCCN(C)C(=O)C1CCN(C(=O)COc2ccc3ccccc3c2)CC1. The summed E-state index contributed by atoms with van der Waals surface area (Å²) in [5.74, 6) is 0.938. The van der Waals surface area contributed by atoms with Crippen molar-refractivity contribution in [1.29, 1.82) is 0 Å². The standard InChI is InChI=1S/C23H30N2O3/c1-3-4-13-24(2)23(27)19-11-14-25(15-12-19)22(26)17-28-21-10-9-18-7-5-6-8-20(18)16-21/h5-10,16,19H,3-4,11-15,17H2,1-2H3. The molecule has 2 aromatic carbocycles. The molecule has 28 heavy (non-hydrogen) atoms. The molecule has 5 heteroatoms. The van der Waals surface area contributed by atoms with Gasteiger partial charge in [-0.15, -0.1) is 0 Å². The minimum absolute atomic E-state index is 0.0154. The van der Waals surface area contributed by atoms with E-state index in [-0.39, 0.29) is 24.3 Å². The van der Waals surface area contributed by atoms with Crippen LogP contribution in [0.15, 0.2) is 42.5 Å². The number of carbonyl (C=O) groups excluding carboxylic acids is 2. The average Bonchev–Trinajstić information content (AvgIpc) is 2.75. The number of fused-ring (bicyclic) bond motifs is 1. The number of likely N-dealkylation sites (tertiary alicyclic amines) is 1. The van der Waals surface area contributed by atoms with Gasteiger partial charge in [-0.25, -0.2) is 0 Å². The second-order valence-electron chi connectivity index (χ2n) is 7.57. The molecular formula is C23H30N2O3. The van der Waals surface area contributed by atoms with Gasteiger partial charge in [0, 0.05) is 32.6 Å². The third kappa shape index (κ3) is 5.03. The lowest BCUT2D eigenvalue weighted by Gasteiger charge is -2.33. The number of hydrogen-bond donors (Lipinski definition) is 0. The fraction of sp³-hybridized carbons (Fsp3) is 0.478. The Kier molecular flexibility index (Phi) is 6.90. The zero-order valence-electron chi connectivity index (χ0n) is 16.9. The van der Waals surface area contributed by atoms with Crippen LogP contribution in [0.4, 0.5) is 0 Å². The van der Waals surface area contributed by atoms with Crippen molar-refractivity contribution < 1.29 is 14.3 Å². The summed E-state index contributed by atoms with van der Waals surface area (Å²) in [4.78, 5) is 28.6. The van der Waals surface area contributed by atoms with Crippen LogP contribution in [0.2, 0.25) is 0 Å². The van der Waals surface area contributed by atoms with Crippen LogP contribution < -0.4 is 4.74 Å². The third-order valence-electron chi connectivity index (χ3n) is 5.50. The second kappa shape index (κ2) is 9.58. The molecule has 1 heterocycles. The molecule has 150 valence electrons. The van der Waals surface area contributed by atoms with Crippen LogP contribution >= 0.6 is 0 Å². The van der Waals surface area contributed by atoms with Gasteiger partial charge in [0.25, 0.3) is 5.91 Å². The Hall–Kier alpha value is -2.56. The van der Waals surface area contributed by atoms with E-state index in [2.05, 4.69) is 13.0 Å². The van der Waals surface area contributed by atoms with E-state index >= 15 is 0 Å². The van der Waals surface area contributed by atoms with Gasteiger partial charge in [0.2, 0.25) is 5.91 Å². The molecule has 0 unspecified atom stereocenters. The van der Waals surface area contributed by atoms with Crippen LogP contribution in [-0.2, 0) is 9.59 Å². The van der Waals surface area contributed by atoms with E-state index in [1.165, 1.54) is 0 Å². The molecule has 3 rings (SSSR count). The Bertz CT molecular complexity index is 812. The topological polar surface area (TPSA) is 49.9 Å². The fourth-order valence-corrected chi connectivity index (χ4v) is 3.69. The molecule has 0 atom stereocenters. The van der Waals surface area contributed by atoms with E-state index in [0.29, 0.717) is 18.8 Å². The molecule has 0 aliphatic carbocycles. The molecule has 0 saturated carbocycles. The molecule has 0 radical (unpaired) electrons. The number of hydrogen-bond acceptors (Lipinski definition) is 3. The maximum absolute atomic E-state index is 12.5. The summed E-state index contributed by atoms with van der Waals surface area (Å²) in [5, 5.41) is 2.25. The van der Waals surface area contributed by atoms with Crippen molar-refractivity contribution in [2.45, 2.75) is 32.6 Å². The maximum Gasteiger partial charge on any atom is 0.260 e. The smallest absolute Gasteiger partial charge is 0.260 e. The van der Waals surface area contributed by atoms with Gasteiger partial charge in [-0.05, 0) is 42.2 Å². The van der Waals surface area contributed by atoms with Crippen molar-refractivity contribution in [1.82, 2.24) is 9.80 Å². The first-order valence-corrected chi connectivity index (χ1v) is 10.2. The molecular weight excluding hydrogens is 352 g/mol. The number of rotatable bonds is 7. The molecule has 0 N–H and O–H groups in total. The number of amides is 2. The van der Waals surface area contributed by atoms with E-state index < -0.39 is 0 Å². The van der Waals surface area contributed by atoms with Crippen LogP contribution in [0.5, 0.6) is 5.75 Å². The minimum Gasteiger partial charge on any atom is -0.484 e. The summed E-state index contributed by atoms with van der Waals surface area (Å²) in [7, 11) is 1.88. The van der Waals surface area contributed by atoms with Crippen molar-refractivity contribution in [2.75, 3.05) is 33.3 Å².